The molecule has 0 atom stereocenters. The molecule has 10 aromatic rings. The molecule has 5 aromatic carbocycles. The molecule has 10 rings (SSSR count). The Labute approximate surface area is 251 Å². The van der Waals surface area contributed by atoms with Crippen LogP contribution in [0, 0.1) is 0 Å². The normalized spacial score (nSPS) is 12.1. The van der Waals surface area contributed by atoms with Crippen LogP contribution < -0.4 is 0 Å². The fraction of sp³-hybridized carbons (Fsp3) is 0. The number of pyridine rings is 2. The molecule has 4 heteroatoms. The Balaban J connectivity index is 1.53. The van der Waals surface area contributed by atoms with E-state index in [0.29, 0.717) is 0 Å². The minimum atomic E-state index is 0.836. The molecule has 0 amide bonds. The Morgan fingerprint density at radius 1 is 0.409 bits per heavy atom. The highest BCUT2D eigenvalue weighted by Gasteiger charge is 2.13. The van der Waals surface area contributed by atoms with Crippen LogP contribution in [0.2, 0.25) is 0 Å². The van der Waals surface area contributed by atoms with Crippen molar-refractivity contribution in [2.75, 3.05) is 0 Å². The minimum absolute atomic E-state index is 0.836. The number of aromatic nitrogens is 4. The Hall–Kier alpha value is -6.00. The number of nitrogens with one attached hydrogen (secondary N) is 1. The van der Waals surface area contributed by atoms with Crippen LogP contribution in [-0.4, -0.2) is 19.4 Å². The zero-order valence-corrected chi connectivity index (χ0v) is 23.6. The summed E-state index contributed by atoms with van der Waals surface area (Å²) < 4.78 is 2.29. The lowest BCUT2D eigenvalue weighted by Crippen LogP contribution is -1.90. The third-order valence-electron chi connectivity index (χ3n) is 9.09. The molecule has 0 aliphatic carbocycles. The predicted octanol–water partition coefficient (Wildman–Crippen LogP) is 10.4. The Kier molecular flexibility index (Phi) is 4.69. The summed E-state index contributed by atoms with van der Waals surface area (Å²) in [5.41, 5.74) is 10.2. The van der Waals surface area contributed by atoms with Crippen molar-refractivity contribution in [3.05, 3.63) is 140 Å². The smallest absolute Gasteiger partial charge is 0.138 e. The quantitative estimate of drug-likeness (QED) is 0.217. The van der Waals surface area contributed by atoms with Gasteiger partial charge in [-0.3, -0.25) is 4.40 Å². The summed E-state index contributed by atoms with van der Waals surface area (Å²) >= 11 is 0. The van der Waals surface area contributed by atoms with Crippen LogP contribution in [-0.2, 0) is 0 Å². The van der Waals surface area contributed by atoms with Crippen LogP contribution in [0.25, 0.3) is 93.1 Å². The van der Waals surface area contributed by atoms with E-state index in [2.05, 4.69) is 149 Å². The topological polar surface area (TPSA) is 46.0 Å². The number of para-hydroxylation sites is 3. The SMILES string of the molecule is c1ccc(-c2cc3nc(c2)c2cccc4c5cccc(c6ccc7c8ccccc8n(c8cccc3n8)c7c6)c5[nH]c24)cc1. The van der Waals surface area contributed by atoms with E-state index in [1.807, 2.05) is 0 Å². The monoisotopic (exact) mass is 560 g/mol. The van der Waals surface area contributed by atoms with Gasteiger partial charge in [-0.15, -0.1) is 0 Å². The van der Waals surface area contributed by atoms with Gasteiger partial charge in [-0.1, -0.05) is 103 Å². The highest BCUT2D eigenvalue weighted by molar-refractivity contribution is 6.21. The lowest BCUT2D eigenvalue weighted by atomic mass is 10.0. The maximum atomic E-state index is 5.29. The van der Waals surface area contributed by atoms with Gasteiger partial charge in [-0.25, -0.2) is 9.97 Å². The third-order valence-corrected chi connectivity index (χ3v) is 9.09. The molecule has 0 radical (unpaired) electrons. The minimum Gasteiger partial charge on any atom is -0.353 e. The summed E-state index contributed by atoms with van der Waals surface area (Å²) in [5, 5.41) is 8.22. The number of H-pyrrole nitrogens is 1. The summed E-state index contributed by atoms with van der Waals surface area (Å²) in [5.74, 6) is 0. The first-order valence-electron chi connectivity index (χ1n) is 14.9. The van der Waals surface area contributed by atoms with Crippen molar-refractivity contribution < 1.29 is 0 Å². The molecular weight excluding hydrogens is 536 g/mol. The Morgan fingerprint density at radius 3 is 1.98 bits per heavy atom. The van der Waals surface area contributed by atoms with Gasteiger partial charge in [0.05, 0.1) is 38.6 Å². The average molecular weight is 561 g/mol. The second kappa shape index (κ2) is 8.76. The number of aromatic amines is 1. The van der Waals surface area contributed by atoms with Crippen molar-refractivity contribution >= 4 is 82.0 Å². The standard InChI is InChI=1S/C40H24N4/c1-2-9-24(10-3-1)26-21-34-32-15-7-14-31-30-13-6-12-27(39(30)43-40(31)32)25-19-20-29-28-11-4-5-17-36(28)44(37(29)23-25)38-18-8-16-33(42-38)35(22-26)41-34/h1-23,43H. The summed E-state index contributed by atoms with van der Waals surface area (Å²) in [6.07, 6.45) is 0. The van der Waals surface area contributed by atoms with E-state index in [0.717, 1.165) is 66.2 Å². The van der Waals surface area contributed by atoms with E-state index in [9.17, 15) is 0 Å². The second-order valence-corrected chi connectivity index (χ2v) is 11.5. The molecule has 0 aliphatic heterocycles. The van der Waals surface area contributed by atoms with Crippen LogP contribution in [0.15, 0.2) is 140 Å². The van der Waals surface area contributed by atoms with Crippen LogP contribution in [0.5, 0.6) is 0 Å². The fourth-order valence-corrected chi connectivity index (χ4v) is 7.07. The molecule has 4 nitrogen and oxygen atoms in total. The lowest BCUT2D eigenvalue weighted by Gasteiger charge is -2.05. The summed E-state index contributed by atoms with van der Waals surface area (Å²) in [6.45, 7) is 0. The highest BCUT2D eigenvalue weighted by Crippen LogP contribution is 2.36. The molecule has 1 N–H and O–H groups in total. The lowest BCUT2D eigenvalue weighted by molar-refractivity contribution is 1.26. The Morgan fingerprint density at radius 2 is 1.09 bits per heavy atom. The Bertz CT molecular complexity index is 2820. The molecular formula is C40H24N4. The largest absolute Gasteiger partial charge is 0.353 e. The molecule has 0 aliphatic rings. The van der Waals surface area contributed by atoms with Crippen molar-refractivity contribution in [2.24, 2.45) is 0 Å². The number of fused-ring (bicyclic) bond motifs is 13. The third kappa shape index (κ3) is 3.28. The average Bonchev–Trinajstić information content (AvgIpc) is 3.64. The first-order chi connectivity index (χ1) is 21.8. The predicted molar refractivity (Wildman–Crippen MR) is 184 cm³/mol. The molecule has 5 heterocycles. The van der Waals surface area contributed by atoms with Crippen LogP contribution in [0.1, 0.15) is 0 Å². The van der Waals surface area contributed by atoms with Gasteiger partial charge in [0.25, 0.3) is 0 Å². The summed E-state index contributed by atoms with van der Waals surface area (Å²) in [4.78, 5) is 14.4. The highest BCUT2D eigenvalue weighted by atomic mass is 15.0. The maximum Gasteiger partial charge on any atom is 0.138 e. The second-order valence-electron chi connectivity index (χ2n) is 11.5. The number of hydrogen-bond donors (Lipinski definition) is 1. The maximum absolute atomic E-state index is 5.29. The van der Waals surface area contributed by atoms with Gasteiger partial charge in [0.2, 0.25) is 0 Å². The first-order valence-corrected chi connectivity index (χ1v) is 14.9. The van der Waals surface area contributed by atoms with Crippen LogP contribution >= 0.6 is 0 Å². The molecule has 0 saturated heterocycles. The van der Waals surface area contributed by atoms with E-state index < -0.39 is 0 Å². The van der Waals surface area contributed by atoms with Gasteiger partial charge in [0, 0.05) is 32.3 Å². The zero-order valence-electron chi connectivity index (χ0n) is 23.6. The van der Waals surface area contributed by atoms with Gasteiger partial charge in [-0.05, 0) is 52.9 Å². The van der Waals surface area contributed by atoms with Crippen molar-refractivity contribution in [3.63, 3.8) is 0 Å². The molecule has 8 bridgehead atoms. The van der Waals surface area contributed by atoms with Crippen molar-refractivity contribution in [1.82, 2.24) is 19.4 Å². The molecule has 0 spiro atoms. The van der Waals surface area contributed by atoms with E-state index in [1.54, 1.807) is 0 Å². The van der Waals surface area contributed by atoms with Crippen LogP contribution in [0.3, 0.4) is 0 Å². The van der Waals surface area contributed by atoms with E-state index in [-0.39, 0.29) is 0 Å². The van der Waals surface area contributed by atoms with Crippen molar-refractivity contribution in [3.8, 4) is 11.1 Å². The van der Waals surface area contributed by atoms with Gasteiger partial charge < -0.3 is 4.98 Å². The van der Waals surface area contributed by atoms with Gasteiger partial charge in [0.1, 0.15) is 5.65 Å². The molecule has 0 unspecified atom stereocenters. The van der Waals surface area contributed by atoms with E-state index in [1.165, 1.54) is 26.9 Å². The van der Waals surface area contributed by atoms with Crippen LogP contribution in [0.4, 0.5) is 0 Å². The zero-order chi connectivity index (χ0) is 28.8. The van der Waals surface area contributed by atoms with E-state index in [4.69, 9.17) is 9.97 Å². The number of benzene rings is 5. The number of nitrogens with zero attached hydrogens (tertiary/aromatic N) is 3. The van der Waals surface area contributed by atoms with E-state index >= 15 is 0 Å². The molecule has 0 fully saturated rings. The van der Waals surface area contributed by atoms with Gasteiger partial charge >= 0.3 is 0 Å². The number of hydrogen-bond acceptors (Lipinski definition) is 2. The summed E-state index contributed by atoms with van der Waals surface area (Å²) in [6, 6.07) is 49.7. The van der Waals surface area contributed by atoms with Crippen molar-refractivity contribution in [2.45, 2.75) is 0 Å². The van der Waals surface area contributed by atoms with Gasteiger partial charge in [0.15, 0.2) is 0 Å². The van der Waals surface area contributed by atoms with Crippen molar-refractivity contribution in [1.29, 1.82) is 0 Å². The summed E-state index contributed by atoms with van der Waals surface area (Å²) in [7, 11) is 0. The molecule has 5 aromatic heterocycles. The molecule has 0 saturated carbocycles. The molecule has 44 heavy (non-hydrogen) atoms. The number of rotatable bonds is 1. The fourth-order valence-electron chi connectivity index (χ4n) is 7.07. The first kappa shape index (κ1) is 23.6. The van der Waals surface area contributed by atoms with Gasteiger partial charge in [-0.2, -0.15) is 0 Å². The molecule has 204 valence electrons.